The van der Waals surface area contributed by atoms with E-state index in [4.69, 9.17) is 4.74 Å². The summed E-state index contributed by atoms with van der Waals surface area (Å²) >= 11 is 0. The molecule has 2 bridgehead atoms. The second-order valence-corrected chi connectivity index (χ2v) is 8.29. The van der Waals surface area contributed by atoms with Crippen molar-refractivity contribution in [3.05, 3.63) is 33.9 Å². The summed E-state index contributed by atoms with van der Waals surface area (Å²) in [6.07, 6.45) is 3.09. The van der Waals surface area contributed by atoms with E-state index < -0.39 is 4.92 Å². The number of nitro benzene ring substituents is 1. The van der Waals surface area contributed by atoms with Crippen LogP contribution in [0.25, 0.3) is 0 Å². The van der Waals surface area contributed by atoms with Crippen molar-refractivity contribution in [1.29, 1.82) is 0 Å². The normalized spacial score (nSPS) is 27.8. The quantitative estimate of drug-likeness (QED) is 0.625. The molecule has 1 aliphatic heterocycles. The van der Waals surface area contributed by atoms with Crippen molar-refractivity contribution in [3.8, 4) is 5.75 Å². The molecule has 1 aromatic carbocycles. The van der Waals surface area contributed by atoms with E-state index in [0.29, 0.717) is 5.56 Å². The number of hydrogen-bond donors (Lipinski definition) is 0. The highest BCUT2D eigenvalue weighted by Crippen LogP contribution is 2.52. The van der Waals surface area contributed by atoms with Gasteiger partial charge in [-0.1, -0.05) is 20.8 Å². The third kappa shape index (κ3) is 2.85. The predicted molar refractivity (Wildman–Crippen MR) is 90.2 cm³/mol. The SMILES string of the molecule is COc1ccc(C(=O)N2C[C@]3(C)C[C@@H]2CC(C)(C)C3)cc1[N+](=O)[O-]. The summed E-state index contributed by atoms with van der Waals surface area (Å²) in [7, 11) is 1.39. The number of carbonyl (C=O) groups is 1. The Morgan fingerprint density at radius 3 is 2.67 bits per heavy atom. The molecule has 0 N–H and O–H groups in total. The van der Waals surface area contributed by atoms with E-state index in [9.17, 15) is 14.9 Å². The molecule has 3 rings (SSSR count). The number of ether oxygens (including phenoxy) is 1. The zero-order chi connectivity index (χ0) is 17.7. The van der Waals surface area contributed by atoms with E-state index in [1.807, 2.05) is 4.90 Å². The molecule has 6 heteroatoms. The number of benzene rings is 1. The average molecular weight is 332 g/mol. The van der Waals surface area contributed by atoms with Crippen LogP contribution in [0.5, 0.6) is 5.75 Å². The minimum Gasteiger partial charge on any atom is -0.490 e. The van der Waals surface area contributed by atoms with Gasteiger partial charge in [0.05, 0.1) is 12.0 Å². The van der Waals surface area contributed by atoms with Gasteiger partial charge in [0.25, 0.3) is 5.91 Å². The molecular formula is C18H24N2O4. The first-order valence-electron chi connectivity index (χ1n) is 8.28. The second-order valence-electron chi connectivity index (χ2n) is 8.29. The van der Waals surface area contributed by atoms with E-state index in [0.717, 1.165) is 25.8 Å². The summed E-state index contributed by atoms with van der Waals surface area (Å²) in [5.74, 6) is 0.0528. The largest absolute Gasteiger partial charge is 0.490 e. The number of nitro groups is 1. The molecule has 0 unspecified atom stereocenters. The first-order chi connectivity index (χ1) is 11.1. The molecule has 6 nitrogen and oxygen atoms in total. The van der Waals surface area contributed by atoms with Crippen LogP contribution in [0.1, 0.15) is 50.4 Å². The highest BCUT2D eigenvalue weighted by Gasteiger charge is 2.51. The maximum absolute atomic E-state index is 13.0. The van der Waals surface area contributed by atoms with Crippen molar-refractivity contribution in [2.75, 3.05) is 13.7 Å². The average Bonchev–Trinajstić information content (AvgIpc) is 2.74. The van der Waals surface area contributed by atoms with Gasteiger partial charge in [0.1, 0.15) is 0 Å². The van der Waals surface area contributed by atoms with Crippen LogP contribution in [0.2, 0.25) is 0 Å². The van der Waals surface area contributed by atoms with Gasteiger partial charge in [0.15, 0.2) is 5.75 Å². The van der Waals surface area contributed by atoms with Crippen LogP contribution < -0.4 is 4.74 Å². The summed E-state index contributed by atoms with van der Waals surface area (Å²) in [4.78, 5) is 25.6. The minimum atomic E-state index is -0.512. The number of amides is 1. The van der Waals surface area contributed by atoms with Crippen molar-refractivity contribution >= 4 is 11.6 Å². The van der Waals surface area contributed by atoms with E-state index >= 15 is 0 Å². The molecular weight excluding hydrogens is 308 g/mol. The molecule has 2 fully saturated rings. The molecule has 2 aliphatic rings. The van der Waals surface area contributed by atoms with Gasteiger partial charge in [-0.05, 0) is 42.2 Å². The van der Waals surface area contributed by atoms with Gasteiger partial charge in [-0.15, -0.1) is 0 Å². The Morgan fingerprint density at radius 2 is 2.04 bits per heavy atom. The fourth-order valence-corrected chi connectivity index (χ4v) is 4.83. The third-order valence-electron chi connectivity index (χ3n) is 5.30. The lowest BCUT2D eigenvalue weighted by molar-refractivity contribution is -0.385. The van der Waals surface area contributed by atoms with Crippen molar-refractivity contribution in [3.63, 3.8) is 0 Å². The van der Waals surface area contributed by atoms with Gasteiger partial charge in [0.2, 0.25) is 0 Å². The molecule has 1 aliphatic carbocycles. The molecule has 130 valence electrons. The Bertz CT molecular complexity index is 700. The van der Waals surface area contributed by atoms with E-state index in [1.165, 1.54) is 19.2 Å². The molecule has 1 amide bonds. The van der Waals surface area contributed by atoms with Gasteiger partial charge < -0.3 is 9.64 Å². The Morgan fingerprint density at radius 1 is 1.33 bits per heavy atom. The Labute approximate surface area is 141 Å². The zero-order valence-electron chi connectivity index (χ0n) is 14.7. The van der Waals surface area contributed by atoms with E-state index in [1.54, 1.807) is 6.07 Å². The molecule has 1 saturated carbocycles. The summed E-state index contributed by atoms with van der Waals surface area (Å²) in [5.41, 5.74) is 0.549. The Kier molecular flexibility index (Phi) is 3.81. The highest BCUT2D eigenvalue weighted by atomic mass is 16.6. The number of carbonyl (C=O) groups excluding carboxylic acids is 1. The lowest BCUT2D eigenvalue weighted by Crippen LogP contribution is -2.37. The van der Waals surface area contributed by atoms with Crippen molar-refractivity contribution in [2.45, 2.75) is 46.1 Å². The molecule has 1 saturated heterocycles. The first-order valence-corrected chi connectivity index (χ1v) is 8.28. The molecule has 2 atom stereocenters. The number of hydrogen-bond acceptors (Lipinski definition) is 4. The topological polar surface area (TPSA) is 72.7 Å². The van der Waals surface area contributed by atoms with Gasteiger partial charge >= 0.3 is 5.69 Å². The minimum absolute atomic E-state index is 0.118. The standard InChI is InChI=1S/C18H24N2O4/c1-17(2)8-13-9-18(3,10-17)11-19(13)16(21)12-5-6-15(24-4)14(7-12)20(22)23/h5-7,13H,8-11H2,1-4H3/t13-,18+/m0/s1. The molecule has 0 aromatic heterocycles. The van der Waals surface area contributed by atoms with Crippen LogP contribution in [-0.2, 0) is 0 Å². The van der Waals surface area contributed by atoms with Crippen LogP contribution in [0, 0.1) is 20.9 Å². The zero-order valence-corrected chi connectivity index (χ0v) is 14.7. The van der Waals surface area contributed by atoms with Gasteiger partial charge in [0, 0.05) is 24.2 Å². The van der Waals surface area contributed by atoms with Crippen LogP contribution in [0.4, 0.5) is 5.69 Å². The monoisotopic (exact) mass is 332 g/mol. The van der Waals surface area contributed by atoms with E-state index in [-0.39, 0.29) is 34.2 Å². The number of methoxy groups -OCH3 is 1. The van der Waals surface area contributed by atoms with Crippen molar-refractivity contribution in [2.24, 2.45) is 10.8 Å². The van der Waals surface area contributed by atoms with Crippen LogP contribution in [-0.4, -0.2) is 35.4 Å². The number of fused-ring (bicyclic) bond motifs is 2. The molecule has 0 radical (unpaired) electrons. The second kappa shape index (κ2) is 5.46. The fraction of sp³-hybridized carbons (Fsp3) is 0.611. The maximum Gasteiger partial charge on any atom is 0.311 e. The molecule has 0 spiro atoms. The van der Waals surface area contributed by atoms with Crippen LogP contribution >= 0.6 is 0 Å². The van der Waals surface area contributed by atoms with Crippen LogP contribution in [0.3, 0.4) is 0 Å². The Hall–Kier alpha value is -2.11. The van der Waals surface area contributed by atoms with Crippen molar-refractivity contribution < 1.29 is 14.5 Å². The lowest BCUT2D eigenvalue weighted by Gasteiger charge is -2.39. The van der Waals surface area contributed by atoms with Crippen LogP contribution in [0.15, 0.2) is 18.2 Å². The first kappa shape index (κ1) is 16.7. The van der Waals surface area contributed by atoms with E-state index in [2.05, 4.69) is 20.8 Å². The lowest BCUT2D eigenvalue weighted by atomic mass is 9.65. The number of likely N-dealkylation sites (tertiary alicyclic amines) is 1. The highest BCUT2D eigenvalue weighted by molar-refractivity contribution is 5.95. The van der Waals surface area contributed by atoms with Crippen molar-refractivity contribution in [1.82, 2.24) is 4.90 Å². The smallest absolute Gasteiger partial charge is 0.311 e. The van der Waals surface area contributed by atoms with Gasteiger partial charge in [-0.25, -0.2) is 0 Å². The van der Waals surface area contributed by atoms with Gasteiger partial charge in [-0.3, -0.25) is 14.9 Å². The summed E-state index contributed by atoms with van der Waals surface area (Å²) in [5, 5.41) is 11.2. The third-order valence-corrected chi connectivity index (χ3v) is 5.30. The molecule has 1 heterocycles. The number of nitrogens with zero attached hydrogens (tertiary/aromatic N) is 2. The Balaban J connectivity index is 1.90. The summed E-state index contributed by atoms with van der Waals surface area (Å²) in [6, 6.07) is 4.66. The summed E-state index contributed by atoms with van der Waals surface area (Å²) < 4.78 is 5.01. The predicted octanol–water partition coefficient (Wildman–Crippen LogP) is 3.64. The molecule has 24 heavy (non-hydrogen) atoms. The number of rotatable bonds is 3. The maximum atomic E-state index is 13.0. The van der Waals surface area contributed by atoms with Gasteiger partial charge in [-0.2, -0.15) is 0 Å². The molecule has 1 aromatic rings. The fourth-order valence-electron chi connectivity index (χ4n) is 4.83. The summed E-state index contributed by atoms with van der Waals surface area (Å²) in [6.45, 7) is 7.47.